The monoisotopic (exact) mass is 477 g/mol. The Morgan fingerprint density at radius 2 is 2.05 bits per heavy atom. The van der Waals surface area contributed by atoms with E-state index in [9.17, 15) is 4.79 Å². The molecule has 0 radical (unpaired) electrons. The van der Waals surface area contributed by atoms with Gasteiger partial charge < -0.3 is 5.32 Å². The van der Waals surface area contributed by atoms with E-state index in [1.165, 1.54) is 5.56 Å². The molecule has 2 rings (SSSR count). The second-order valence-electron chi connectivity index (χ2n) is 4.57. The lowest BCUT2D eigenvalue weighted by Gasteiger charge is -2.09. The molecule has 5 heteroatoms. The van der Waals surface area contributed by atoms with E-state index < -0.39 is 0 Å². The Hall–Kier alpha value is -0.590. The first-order valence-electron chi connectivity index (χ1n) is 6.51. The van der Waals surface area contributed by atoms with Gasteiger partial charge in [0.1, 0.15) is 0 Å². The highest BCUT2D eigenvalue weighted by Gasteiger charge is 2.11. The van der Waals surface area contributed by atoms with Gasteiger partial charge in [-0.3, -0.25) is 4.79 Å². The number of nitrogens with one attached hydrogen (secondary N) is 1. The first-order valence-corrected chi connectivity index (χ1v) is 9.09. The van der Waals surface area contributed by atoms with Crippen molar-refractivity contribution in [1.29, 1.82) is 0 Å². The molecule has 0 bridgehead atoms. The van der Waals surface area contributed by atoms with Crippen molar-refractivity contribution >= 4 is 61.7 Å². The molecule has 110 valence electrons. The van der Waals surface area contributed by atoms with Crippen molar-refractivity contribution in [2.45, 2.75) is 12.8 Å². The normalized spacial score (nSPS) is 10.4. The number of carbonyl (C=O) groups is 1. The molecule has 2 aromatic carbocycles. The van der Waals surface area contributed by atoms with E-state index in [1.807, 2.05) is 24.3 Å². The molecule has 0 aliphatic rings. The van der Waals surface area contributed by atoms with Crippen molar-refractivity contribution < 1.29 is 4.79 Å². The Bertz CT molecular complexity index is 648. The lowest BCUT2D eigenvalue weighted by atomic mass is 10.1. The molecule has 2 nitrogen and oxygen atoms in total. The molecule has 0 aliphatic carbocycles. The van der Waals surface area contributed by atoms with Gasteiger partial charge in [0.05, 0.1) is 5.56 Å². The van der Waals surface area contributed by atoms with Crippen molar-refractivity contribution in [2.75, 3.05) is 10.6 Å². The fourth-order valence-corrected chi connectivity index (χ4v) is 2.98. The average molecular weight is 479 g/mol. The molecule has 21 heavy (non-hydrogen) atoms. The largest absolute Gasteiger partial charge is 0.322 e. The molecule has 0 spiro atoms. The third-order valence-corrected chi connectivity index (χ3v) is 4.69. The third kappa shape index (κ3) is 4.97. The summed E-state index contributed by atoms with van der Waals surface area (Å²) in [7, 11) is 0. The Balaban J connectivity index is 2.14. The molecule has 0 unspecified atom stereocenters. The van der Waals surface area contributed by atoms with E-state index in [0.29, 0.717) is 10.6 Å². The number of hydrogen-bond donors (Lipinski definition) is 1. The van der Waals surface area contributed by atoms with E-state index in [4.69, 9.17) is 11.6 Å². The summed E-state index contributed by atoms with van der Waals surface area (Å²) >= 11 is 11.5. The Labute approximate surface area is 151 Å². The van der Waals surface area contributed by atoms with Gasteiger partial charge >= 0.3 is 0 Å². The quantitative estimate of drug-likeness (QED) is 0.445. The SMILES string of the molecule is O=C(Nc1cccc(CCCBr)c1)c1cc(Cl)ccc1I. The topological polar surface area (TPSA) is 29.1 Å². The van der Waals surface area contributed by atoms with Crippen molar-refractivity contribution in [1.82, 2.24) is 0 Å². The highest BCUT2D eigenvalue weighted by molar-refractivity contribution is 14.1. The first kappa shape index (κ1) is 16.8. The third-order valence-electron chi connectivity index (χ3n) is 2.96. The van der Waals surface area contributed by atoms with E-state index >= 15 is 0 Å². The first-order chi connectivity index (χ1) is 10.1. The van der Waals surface area contributed by atoms with Gasteiger partial charge in [-0.1, -0.05) is 39.7 Å². The van der Waals surface area contributed by atoms with Gasteiger partial charge in [-0.2, -0.15) is 0 Å². The average Bonchev–Trinajstić information content (AvgIpc) is 2.48. The summed E-state index contributed by atoms with van der Waals surface area (Å²) in [5, 5.41) is 4.47. The van der Waals surface area contributed by atoms with Crippen molar-refractivity contribution in [3.63, 3.8) is 0 Å². The highest BCUT2D eigenvalue weighted by atomic mass is 127. The van der Waals surface area contributed by atoms with Crippen LogP contribution in [0, 0.1) is 3.57 Å². The minimum absolute atomic E-state index is 0.139. The fourth-order valence-electron chi connectivity index (χ4n) is 1.95. The molecule has 0 saturated carbocycles. The number of rotatable bonds is 5. The zero-order valence-electron chi connectivity index (χ0n) is 11.2. The molecule has 0 aromatic heterocycles. The van der Waals surface area contributed by atoms with Gasteiger partial charge in [-0.05, 0) is 71.3 Å². The number of amides is 1. The maximum Gasteiger partial charge on any atom is 0.256 e. The summed E-state index contributed by atoms with van der Waals surface area (Å²) < 4.78 is 0.880. The number of benzene rings is 2. The predicted octanol–water partition coefficient (Wildman–Crippen LogP) is 5.52. The number of carbonyl (C=O) groups excluding carboxylic acids is 1. The van der Waals surface area contributed by atoms with Crippen LogP contribution in [0.5, 0.6) is 0 Å². The molecule has 0 atom stereocenters. The van der Waals surface area contributed by atoms with Gasteiger partial charge in [0.15, 0.2) is 0 Å². The van der Waals surface area contributed by atoms with Crippen molar-refractivity contribution in [2.24, 2.45) is 0 Å². The van der Waals surface area contributed by atoms with E-state index in [2.05, 4.69) is 49.9 Å². The molecule has 1 amide bonds. The van der Waals surface area contributed by atoms with Gasteiger partial charge in [-0.25, -0.2) is 0 Å². The van der Waals surface area contributed by atoms with E-state index in [0.717, 1.165) is 27.4 Å². The molecule has 0 saturated heterocycles. The van der Waals surface area contributed by atoms with Crippen LogP contribution in [0.4, 0.5) is 5.69 Å². The van der Waals surface area contributed by atoms with Crippen molar-refractivity contribution in [3.8, 4) is 0 Å². The van der Waals surface area contributed by atoms with Crippen LogP contribution in [0.1, 0.15) is 22.3 Å². The molecular weight excluding hydrogens is 464 g/mol. The summed E-state index contributed by atoms with van der Waals surface area (Å²) in [5.41, 5.74) is 2.62. The Morgan fingerprint density at radius 3 is 2.81 bits per heavy atom. The van der Waals surface area contributed by atoms with Crippen molar-refractivity contribution in [3.05, 3.63) is 62.2 Å². The van der Waals surface area contributed by atoms with Crippen LogP contribution in [0.25, 0.3) is 0 Å². The second-order valence-corrected chi connectivity index (χ2v) is 6.96. The van der Waals surface area contributed by atoms with Gasteiger partial charge in [-0.15, -0.1) is 0 Å². The Morgan fingerprint density at radius 1 is 1.24 bits per heavy atom. The molecular formula is C16H14BrClINO. The van der Waals surface area contributed by atoms with E-state index in [1.54, 1.807) is 12.1 Å². The molecule has 0 heterocycles. The van der Waals surface area contributed by atoms with Crippen LogP contribution in [0.15, 0.2) is 42.5 Å². The maximum absolute atomic E-state index is 12.3. The number of hydrogen-bond acceptors (Lipinski definition) is 1. The predicted molar refractivity (Wildman–Crippen MR) is 101 cm³/mol. The lowest BCUT2D eigenvalue weighted by molar-refractivity contribution is 0.102. The Kier molecular flexibility index (Phi) is 6.51. The van der Waals surface area contributed by atoms with Crippen LogP contribution >= 0.6 is 50.1 Å². The van der Waals surface area contributed by atoms with Crippen LogP contribution < -0.4 is 5.32 Å². The summed E-state index contributed by atoms with van der Waals surface area (Å²) in [6.45, 7) is 0. The smallest absolute Gasteiger partial charge is 0.256 e. The second kappa shape index (κ2) is 8.15. The van der Waals surface area contributed by atoms with E-state index in [-0.39, 0.29) is 5.91 Å². The van der Waals surface area contributed by atoms with Crippen LogP contribution in [-0.4, -0.2) is 11.2 Å². The molecule has 0 aliphatic heterocycles. The zero-order chi connectivity index (χ0) is 15.2. The summed E-state index contributed by atoms with van der Waals surface area (Å²) in [4.78, 5) is 12.3. The highest BCUT2D eigenvalue weighted by Crippen LogP contribution is 2.20. The molecule has 1 N–H and O–H groups in total. The number of alkyl halides is 1. The van der Waals surface area contributed by atoms with Crippen LogP contribution in [0.2, 0.25) is 5.02 Å². The summed E-state index contributed by atoms with van der Waals surface area (Å²) in [6.07, 6.45) is 2.06. The summed E-state index contributed by atoms with van der Waals surface area (Å²) in [6, 6.07) is 13.2. The summed E-state index contributed by atoms with van der Waals surface area (Å²) in [5.74, 6) is -0.139. The minimum Gasteiger partial charge on any atom is -0.322 e. The van der Waals surface area contributed by atoms with Gasteiger partial charge in [0.2, 0.25) is 0 Å². The number of anilines is 1. The number of aryl methyl sites for hydroxylation is 1. The minimum atomic E-state index is -0.139. The molecule has 0 fully saturated rings. The van der Waals surface area contributed by atoms with Crippen LogP contribution in [0.3, 0.4) is 0 Å². The molecule has 2 aromatic rings. The number of halogens is 3. The van der Waals surface area contributed by atoms with Gasteiger partial charge in [0.25, 0.3) is 5.91 Å². The maximum atomic E-state index is 12.3. The zero-order valence-corrected chi connectivity index (χ0v) is 15.7. The van der Waals surface area contributed by atoms with Gasteiger partial charge in [0, 0.05) is 19.6 Å². The standard InChI is InChI=1S/C16H14BrClINO/c17-8-2-4-11-3-1-5-13(9-11)20-16(21)14-10-12(18)6-7-15(14)19/h1,3,5-7,9-10H,2,4,8H2,(H,20,21). The fraction of sp³-hybridized carbons (Fsp3) is 0.188. The lowest BCUT2D eigenvalue weighted by Crippen LogP contribution is -2.13. The van der Waals surface area contributed by atoms with Crippen LogP contribution in [-0.2, 0) is 6.42 Å².